The number of thiazole rings is 1. The lowest BCUT2D eigenvalue weighted by molar-refractivity contribution is 0.171. The minimum Gasteiger partial charge on any atom is -0.486 e. The number of rotatable bonds is 4. The van der Waals surface area contributed by atoms with Crippen LogP contribution in [0.25, 0.3) is 16.9 Å². The van der Waals surface area contributed by atoms with Crippen LogP contribution in [0.15, 0.2) is 66.6 Å². The first-order valence-electron chi connectivity index (χ1n) is 8.56. The highest BCUT2D eigenvalue weighted by molar-refractivity contribution is 7.14. The molecular formula is C20H16N4O2S. The third-order valence-electron chi connectivity index (χ3n) is 4.26. The van der Waals surface area contributed by atoms with Gasteiger partial charge in [0.15, 0.2) is 16.6 Å². The molecule has 0 aliphatic carbocycles. The van der Waals surface area contributed by atoms with Crippen molar-refractivity contribution in [1.82, 2.24) is 14.5 Å². The maximum absolute atomic E-state index is 5.63. The average Bonchev–Trinajstić information content (AvgIpc) is 3.40. The average molecular weight is 376 g/mol. The summed E-state index contributed by atoms with van der Waals surface area (Å²) in [5.74, 6) is 1.54. The van der Waals surface area contributed by atoms with E-state index in [9.17, 15) is 0 Å². The summed E-state index contributed by atoms with van der Waals surface area (Å²) in [6, 6.07) is 14.1. The molecule has 0 saturated carbocycles. The van der Waals surface area contributed by atoms with Gasteiger partial charge in [0, 0.05) is 40.8 Å². The van der Waals surface area contributed by atoms with Gasteiger partial charge in [-0.25, -0.2) is 9.97 Å². The normalized spacial score (nSPS) is 12.7. The summed E-state index contributed by atoms with van der Waals surface area (Å²) in [5, 5.41) is 6.22. The van der Waals surface area contributed by atoms with Gasteiger partial charge in [0.1, 0.15) is 13.2 Å². The maximum Gasteiger partial charge on any atom is 0.187 e. The van der Waals surface area contributed by atoms with Crippen LogP contribution < -0.4 is 14.8 Å². The molecule has 0 spiro atoms. The van der Waals surface area contributed by atoms with Gasteiger partial charge < -0.3 is 19.4 Å². The predicted octanol–water partition coefficient (Wildman–Crippen LogP) is 4.51. The SMILES string of the molecule is c1cn(-c2ccc(-c3csc(Nc4ccc5c(c4)OCCO5)n3)cc2)cn1. The van der Waals surface area contributed by atoms with E-state index in [1.165, 1.54) is 0 Å². The number of nitrogens with one attached hydrogen (secondary N) is 1. The maximum atomic E-state index is 5.63. The molecule has 0 saturated heterocycles. The van der Waals surface area contributed by atoms with Gasteiger partial charge in [0.25, 0.3) is 0 Å². The van der Waals surface area contributed by atoms with Gasteiger partial charge in [-0.3, -0.25) is 0 Å². The van der Waals surface area contributed by atoms with Crippen molar-refractivity contribution in [1.29, 1.82) is 0 Å². The fourth-order valence-corrected chi connectivity index (χ4v) is 3.66. The van der Waals surface area contributed by atoms with E-state index >= 15 is 0 Å². The van der Waals surface area contributed by atoms with Crippen molar-refractivity contribution in [2.45, 2.75) is 0 Å². The third kappa shape index (κ3) is 3.24. The van der Waals surface area contributed by atoms with E-state index < -0.39 is 0 Å². The highest BCUT2D eigenvalue weighted by atomic mass is 32.1. The molecule has 7 heteroatoms. The van der Waals surface area contributed by atoms with Gasteiger partial charge in [0.05, 0.1) is 12.0 Å². The molecule has 1 aliphatic rings. The van der Waals surface area contributed by atoms with E-state index in [1.54, 1.807) is 23.9 Å². The van der Waals surface area contributed by atoms with Gasteiger partial charge in [-0.2, -0.15) is 0 Å². The molecule has 0 fully saturated rings. The minimum absolute atomic E-state index is 0.576. The van der Waals surface area contributed by atoms with Crippen molar-refractivity contribution in [2.24, 2.45) is 0 Å². The Labute approximate surface area is 160 Å². The van der Waals surface area contributed by atoms with Crippen LogP contribution in [0.4, 0.5) is 10.8 Å². The van der Waals surface area contributed by atoms with E-state index in [2.05, 4.69) is 34.6 Å². The number of fused-ring (bicyclic) bond motifs is 1. The number of aromatic nitrogens is 3. The molecule has 2 aromatic heterocycles. The summed E-state index contributed by atoms with van der Waals surface area (Å²) in [6.45, 7) is 1.17. The highest BCUT2D eigenvalue weighted by Gasteiger charge is 2.12. The minimum atomic E-state index is 0.576. The number of hydrogen-bond donors (Lipinski definition) is 1. The van der Waals surface area contributed by atoms with Crippen LogP contribution >= 0.6 is 11.3 Å². The fourth-order valence-electron chi connectivity index (χ4n) is 2.92. The van der Waals surface area contributed by atoms with Gasteiger partial charge in [-0.1, -0.05) is 12.1 Å². The van der Waals surface area contributed by atoms with Crippen LogP contribution in [-0.2, 0) is 0 Å². The van der Waals surface area contributed by atoms with Crippen LogP contribution in [0.1, 0.15) is 0 Å². The summed E-state index contributed by atoms with van der Waals surface area (Å²) in [7, 11) is 0. The van der Waals surface area contributed by atoms with Crippen LogP contribution in [0, 0.1) is 0 Å². The zero-order chi connectivity index (χ0) is 18.1. The van der Waals surface area contributed by atoms with E-state index in [4.69, 9.17) is 14.5 Å². The summed E-state index contributed by atoms with van der Waals surface area (Å²) in [6.07, 6.45) is 5.48. The molecular weight excluding hydrogens is 360 g/mol. The molecule has 0 bridgehead atoms. The Morgan fingerprint density at radius 3 is 2.67 bits per heavy atom. The molecule has 1 N–H and O–H groups in total. The van der Waals surface area contributed by atoms with Crippen LogP contribution in [0.2, 0.25) is 0 Å². The number of imidazole rings is 1. The zero-order valence-corrected chi connectivity index (χ0v) is 15.1. The van der Waals surface area contributed by atoms with Gasteiger partial charge in [-0.15, -0.1) is 11.3 Å². The Kier molecular flexibility index (Phi) is 3.99. The Morgan fingerprint density at radius 1 is 1.00 bits per heavy atom. The molecule has 4 aromatic rings. The quantitative estimate of drug-likeness (QED) is 0.568. The van der Waals surface area contributed by atoms with Crippen molar-refractivity contribution in [3.63, 3.8) is 0 Å². The monoisotopic (exact) mass is 376 g/mol. The Bertz CT molecular complexity index is 1060. The third-order valence-corrected chi connectivity index (χ3v) is 5.02. The van der Waals surface area contributed by atoms with E-state index in [0.717, 1.165) is 39.3 Å². The lowest BCUT2D eigenvalue weighted by Crippen LogP contribution is -2.15. The molecule has 1 aliphatic heterocycles. The van der Waals surface area contributed by atoms with E-state index in [-0.39, 0.29) is 0 Å². The second-order valence-corrected chi connectivity index (χ2v) is 6.90. The highest BCUT2D eigenvalue weighted by Crippen LogP contribution is 2.34. The van der Waals surface area contributed by atoms with Gasteiger partial charge in [-0.05, 0) is 24.3 Å². The van der Waals surface area contributed by atoms with Crippen molar-refractivity contribution in [3.05, 3.63) is 66.6 Å². The Morgan fingerprint density at radius 2 is 1.85 bits per heavy atom. The second-order valence-electron chi connectivity index (χ2n) is 6.04. The topological polar surface area (TPSA) is 61.2 Å². The van der Waals surface area contributed by atoms with Crippen LogP contribution in [-0.4, -0.2) is 27.7 Å². The molecule has 27 heavy (non-hydrogen) atoms. The van der Waals surface area contributed by atoms with Crippen LogP contribution in [0.3, 0.4) is 0 Å². The Balaban J connectivity index is 1.34. The number of ether oxygens (including phenoxy) is 2. The van der Waals surface area contributed by atoms with Gasteiger partial charge in [0.2, 0.25) is 0 Å². The molecule has 2 aromatic carbocycles. The first-order chi connectivity index (χ1) is 13.3. The number of hydrogen-bond acceptors (Lipinski definition) is 6. The first kappa shape index (κ1) is 15.9. The Hall–Kier alpha value is -3.32. The lowest BCUT2D eigenvalue weighted by Gasteiger charge is -2.18. The molecule has 6 nitrogen and oxygen atoms in total. The predicted molar refractivity (Wildman–Crippen MR) is 105 cm³/mol. The van der Waals surface area contributed by atoms with E-state index in [1.807, 2.05) is 34.3 Å². The molecule has 134 valence electrons. The lowest BCUT2D eigenvalue weighted by atomic mass is 10.1. The molecule has 0 radical (unpaired) electrons. The molecule has 5 rings (SSSR count). The largest absolute Gasteiger partial charge is 0.486 e. The standard InChI is InChI=1S/C20H16N4O2S/c1-4-16(24-8-7-21-13-24)5-2-14(1)17-12-27-20(23-17)22-15-3-6-18-19(11-15)26-10-9-25-18/h1-8,11-13H,9-10H2,(H,22,23). The van der Waals surface area contributed by atoms with Crippen molar-refractivity contribution >= 4 is 22.2 Å². The first-order valence-corrected chi connectivity index (χ1v) is 9.44. The number of benzene rings is 2. The molecule has 0 atom stereocenters. The zero-order valence-electron chi connectivity index (χ0n) is 14.3. The second kappa shape index (κ2) is 6.77. The molecule has 3 heterocycles. The van der Waals surface area contributed by atoms with Crippen molar-refractivity contribution < 1.29 is 9.47 Å². The van der Waals surface area contributed by atoms with Gasteiger partial charge >= 0.3 is 0 Å². The van der Waals surface area contributed by atoms with Crippen LogP contribution in [0.5, 0.6) is 11.5 Å². The van der Waals surface area contributed by atoms with Crippen molar-refractivity contribution in [2.75, 3.05) is 18.5 Å². The molecule has 0 unspecified atom stereocenters. The fraction of sp³-hybridized carbons (Fsp3) is 0.100. The summed E-state index contributed by atoms with van der Waals surface area (Å²) < 4.78 is 13.2. The van der Waals surface area contributed by atoms with Crippen molar-refractivity contribution in [3.8, 4) is 28.4 Å². The number of anilines is 2. The van der Waals surface area contributed by atoms with E-state index in [0.29, 0.717) is 13.2 Å². The smallest absolute Gasteiger partial charge is 0.187 e. The summed E-state index contributed by atoms with van der Waals surface area (Å²) >= 11 is 1.57. The molecule has 0 amide bonds. The summed E-state index contributed by atoms with van der Waals surface area (Å²) in [5.41, 5.74) is 4.01. The summed E-state index contributed by atoms with van der Waals surface area (Å²) in [4.78, 5) is 8.77. The number of nitrogens with zero attached hydrogens (tertiary/aromatic N) is 3.